The van der Waals surface area contributed by atoms with Crippen molar-refractivity contribution in [3.63, 3.8) is 0 Å². The predicted molar refractivity (Wildman–Crippen MR) is 285 cm³/mol. The van der Waals surface area contributed by atoms with Crippen molar-refractivity contribution in [2.75, 3.05) is 0 Å². The molecule has 0 radical (unpaired) electrons. The van der Waals surface area contributed by atoms with Crippen molar-refractivity contribution >= 4 is 148 Å². The summed E-state index contributed by atoms with van der Waals surface area (Å²) in [5, 5.41) is 49.6. The van der Waals surface area contributed by atoms with Gasteiger partial charge >= 0.3 is 118 Å². The van der Waals surface area contributed by atoms with Crippen molar-refractivity contribution < 1.29 is 232 Å². The monoisotopic (exact) mass is 1430 g/mol. The Morgan fingerprint density at radius 3 is 0.822 bits per heavy atom. The van der Waals surface area contributed by atoms with Crippen LogP contribution in [0.15, 0.2) is 214 Å². The maximum absolute atomic E-state index is 12.1. The average Bonchev–Trinajstić information content (AvgIpc) is 0.922. The van der Waals surface area contributed by atoms with Crippen LogP contribution in [-0.2, 0) is 80.9 Å². The van der Waals surface area contributed by atoms with Crippen molar-refractivity contribution in [3.8, 4) is 11.5 Å². The summed E-state index contributed by atoms with van der Waals surface area (Å²) in [4.78, 5) is -6.68. The van der Waals surface area contributed by atoms with E-state index in [0.717, 1.165) is 97.1 Å². The minimum Gasteiger partial charge on any atom is -0.744 e. The summed E-state index contributed by atoms with van der Waals surface area (Å²) in [6.45, 7) is 0. The minimum atomic E-state index is -5.38. The van der Waals surface area contributed by atoms with Gasteiger partial charge in [-0.3, -0.25) is 18.2 Å². The second kappa shape index (κ2) is 30.3. The van der Waals surface area contributed by atoms with Crippen LogP contribution in [0.3, 0.4) is 0 Å². The summed E-state index contributed by atoms with van der Waals surface area (Å²) < 4.78 is 269. The molecule has 0 amide bonds. The summed E-state index contributed by atoms with van der Waals surface area (Å²) in [6.07, 6.45) is 0. The number of benzene rings is 8. The van der Waals surface area contributed by atoms with Crippen molar-refractivity contribution in [2.45, 2.75) is 39.2 Å². The van der Waals surface area contributed by atoms with E-state index in [4.69, 9.17) is 9.11 Å². The molecule has 8 aromatic carbocycles. The van der Waals surface area contributed by atoms with E-state index in [0.29, 0.717) is 12.1 Å². The molecular weight excluding hydrogens is 1410 g/mol. The summed E-state index contributed by atoms with van der Waals surface area (Å²) in [5.41, 5.74) is -2.73. The Kier molecular flexibility index (Phi) is 26.9. The van der Waals surface area contributed by atoms with E-state index in [2.05, 4.69) is 40.9 Å². The van der Waals surface area contributed by atoms with E-state index < -0.39 is 154 Å². The third kappa shape index (κ3) is 20.3. The number of rotatable bonds is 16. The molecule has 0 aliphatic heterocycles. The van der Waals surface area contributed by atoms with Gasteiger partial charge in [-0.25, -0.2) is 33.7 Å². The number of hydrogen-bond donors (Lipinski definition) is 6. The average molecular weight is 1430 g/mol. The van der Waals surface area contributed by atoms with Gasteiger partial charge in [0.2, 0.25) is 0 Å². The van der Waals surface area contributed by atoms with Crippen LogP contribution in [0, 0.1) is 0 Å². The van der Waals surface area contributed by atoms with Gasteiger partial charge in [-0.05, 0) is 132 Å². The Hall–Kier alpha value is -4.44. The number of hydrogen-bond acceptors (Lipinski definition) is 30. The molecule has 0 unspecified atom stereocenters. The number of aromatic hydroxyl groups is 2. The van der Waals surface area contributed by atoms with Crippen LogP contribution in [-0.4, -0.2) is 114 Å². The van der Waals surface area contributed by atoms with Gasteiger partial charge in [-0.1, -0.05) is 12.1 Å². The molecule has 6 N–H and O–H groups in total. The summed E-state index contributed by atoms with van der Waals surface area (Å²) in [5.74, 6) is -2.44. The molecule has 34 nitrogen and oxygen atoms in total. The van der Waals surface area contributed by atoms with Gasteiger partial charge in [0.1, 0.15) is 73.0 Å². The van der Waals surface area contributed by atoms with Crippen LogP contribution in [0.2, 0.25) is 0 Å². The zero-order chi connectivity index (χ0) is 63.9. The molecule has 90 heavy (non-hydrogen) atoms. The van der Waals surface area contributed by atoms with Gasteiger partial charge in [0.15, 0.2) is 11.5 Å². The number of phenols is 2. The van der Waals surface area contributed by atoms with Gasteiger partial charge < -0.3 is 28.4 Å². The van der Waals surface area contributed by atoms with Gasteiger partial charge in [-0.15, -0.1) is 20.5 Å². The van der Waals surface area contributed by atoms with E-state index in [1.165, 1.54) is 24.3 Å². The minimum absolute atomic E-state index is 0. The molecule has 0 saturated carbocycles. The molecule has 0 aliphatic carbocycles. The summed E-state index contributed by atoms with van der Waals surface area (Å²) in [6, 6.07) is 21.0. The molecule has 0 spiro atoms. The van der Waals surface area contributed by atoms with Crippen molar-refractivity contribution in [1.29, 1.82) is 0 Å². The Morgan fingerprint density at radius 2 is 0.556 bits per heavy atom. The standard InChI is InChI=1S/2C22H16N4O13S4.4Na/c2*27-22-20(43(37,38)39)10-12-9-16(41(31,32)33)6-7-17(12)21(22)26-25-18-8-3-14(11-19(18)42(34,35)36)24-23-13-1-4-15(5-2-13)40(28,29)30;;;;/h2*1-11,27H,(H,28,29,30)(H,31,32,33)(H,34,35,36)(H,37,38,39);;;;/q;;4*+1/p-4. The fourth-order valence-corrected chi connectivity index (χ4v) is 11.5. The molecule has 0 fully saturated rings. The van der Waals surface area contributed by atoms with E-state index >= 15 is 0 Å². The quantitative estimate of drug-likeness (QED) is 0.0301. The fraction of sp³-hybridized carbons (Fsp3) is 0. The number of phenolic OH excluding ortho intramolecular Hbond substituents is 2. The SMILES string of the molecule is O=S(=O)([O-])c1ccc2c(N=Nc3ccc(N=Nc4ccc(S(=O)(=O)O)cc4)cc3S(=O)(=O)O)c(O)c(S(=O)(=O)[O-])cc2c1.O=S(=O)([O-])c1ccc2c(N=Nc3ccc(N=Nc4ccc(S(=O)(=O)O)cc4)cc3S(=O)(=O)O)c(O)c(S(=O)(=O)[O-])cc2c1.[Na+].[Na+].[Na+].[Na+]. The fourth-order valence-electron chi connectivity index (χ4n) is 7.07. The Bertz CT molecular complexity index is 4920. The Morgan fingerprint density at radius 1 is 0.278 bits per heavy atom. The Balaban J connectivity index is 0.000000450. The topological polar surface area (TPSA) is 586 Å². The normalized spacial score (nSPS) is 12.7. The molecule has 46 heteroatoms. The Labute approximate surface area is 597 Å². The van der Waals surface area contributed by atoms with Crippen LogP contribution < -0.4 is 118 Å². The molecule has 0 bridgehead atoms. The molecule has 8 rings (SSSR count). The maximum atomic E-state index is 12.1. The molecule has 0 heterocycles. The summed E-state index contributed by atoms with van der Waals surface area (Å²) >= 11 is 0. The second-order valence-corrected chi connectivity index (χ2v) is 27.8. The van der Waals surface area contributed by atoms with E-state index in [-0.39, 0.29) is 163 Å². The van der Waals surface area contributed by atoms with Crippen molar-refractivity contribution in [3.05, 3.63) is 133 Å². The van der Waals surface area contributed by atoms with Crippen LogP contribution in [0.25, 0.3) is 21.5 Å². The van der Waals surface area contributed by atoms with Crippen LogP contribution in [0.1, 0.15) is 0 Å². The van der Waals surface area contributed by atoms with Gasteiger partial charge in [0.05, 0.1) is 52.1 Å². The summed E-state index contributed by atoms with van der Waals surface area (Å²) in [7, 11) is -39.8. The second-order valence-electron chi connectivity index (χ2n) is 16.7. The molecular formula is C44H28N8Na4O26S8. The van der Waals surface area contributed by atoms with Crippen LogP contribution in [0.4, 0.5) is 45.5 Å². The van der Waals surface area contributed by atoms with E-state index in [9.17, 15) is 105 Å². The number of azo groups is 4. The maximum Gasteiger partial charge on any atom is 1.00 e. The predicted octanol–water partition coefficient (Wildman–Crippen LogP) is -4.63. The first-order valence-electron chi connectivity index (χ1n) is 22.0. The zero-order valence-electron chi connectivity index (χ0n) is 45.4. The first-order chi connectivity index (χ1) is 39.5. The van der Waals surface area contributed by atoms with Gasteiger partial charge in [0, 0.05) is 10.8 Å². The molecule has 0 aliphatic rings. The smallest absolute Gasteiger partial charge is 0.744 e. The first kappa shape index (κ1) is 79.8. The van der Waals surface area contributed by atoms with Gasteiger partial charge in [-0.2, -0.15) is 54.1 Å². The molecule has 8 aromatic rings. The molecule has 452 valence electrons. The molecule has 0 saturated heterocycles. The van der Waals surface area contributed by atoms with Crippen molar-refractivity contribution in [1.82, 2.24) is 0 Å². The largest absolute Gasteiger partial charge is 1.00 e. The van der Waals surface area contributed by atoms with E-state index in [1.807, 2.05) is 0 Å². The van der Waals surface area contributed by atoms with E-state index in [1.54, 1.807) is 0 Å². The first-order valence-corrected chi connectivity index (χ1v) is 33.4. The molecule has 0 aromatic heterocycles. The third-order valence-corrected chi connectivity index (χ3v) is 17.8. The number of nitrogens with zero attached hydrogens (tertiary/aromatic N) is 8. The van der Waals surface area contributed by atoms with Crippen molar-refractivity contribution in [2.24, 2.45) is 40.9 Å². The van der Waals surface area contributed by atoms with Crippen LogP contribution >= 0.6 is 0 Å². The molecule has 0 atom stereocenters. The number of fused-ring (bicyclic) bond motifs is 2. The zero-order valence-corrected chi connectivity index (χ0v) is 59.9. The van der Waals surface area contributed by atoms with Gasteiger partial charge in [0.25, 0.3) is 40.5 Å². The third-order valence-electron chi connectivity index (χ3n) is 11.0. The van der Waals surface area contributed by atoms with Crippen LogP contribution in [0.5, 0.6) is 11.5 Å².